The van der Waals surface area contributed by atoms with Crippen LogP contribution in [0.4, 0.5) is 5.82 Å². The van der Waals surface area contributed by atoms with Gasteiger partial charge in [0.15, 0.2) is 17.0 Å². The third kappa shape index (κ3) is 4.08. The van der Waals surface area contributed by atoms with Crippen LogP contribution in [-0.2, 0) is 16.1 Å². The first kappa shape index (κ1) is 20.9. The lowest BCUT2D eigenvalue weighted by atomic mass is 10.1. The molecule has 0 aliphatic carbocycles. The Kier molecular flexibility index (Phi) is 5.98. The highest BCUT2D eigenvalue weighted by Gasteiger charge is 2.30. The van der Waals surface area contributed by atoms with E-state index in [-0.39, 0.29) is 24.5 Å². The highest BCUT2D eigenvalue weighted by Crippen LogP contribution is 2.25. The van der Waals surface area contributed by atoms with E-state index in [9.17, 15) is 14.4 Å². The molecule has 0 N–H and O–H groups in total. The normalized spacial score (nSPS) is 10.7. The van der Waals surface area contributed by atoms with E-state index in [0.717, 1.165) is 4.90 Å². The molecule has 4 rings (SSSR count). The van der Waals surface area contributed by atoms with E-state index in [1.165, 1.54) is 17.2 Å². The van der Waals surface area contributed by atoms with E-state index in [4.69, 9.17) is 4.74 Å². The molecule has 0 saturated carbocycles. The number of imide groups is 1. The largest absolute Gasteiger partial charge is 0.465 e. The molecule has 160 valence electrons. The standard InChI is InChI=1S/C23H19N5O4/c1-2-32-18(29)13-27-15-26-19-20(27)24-14-25-21(19)28(22(30)16-9-5-3-6-10-16)23(31)17-11-7-4-8-12-17/h3-12,14-15H,2,13H2,1H3. The zero-order valence-electron chi connectivity index (χ0n) is 17.2. The first-order valence-corrected chi connectivity index (χ1v) is 9.90. The summed E-state index contributed by atoms with van der Waals surface area (Å²) in [4.78, 5) is 52.4. The maximum absolute atomic E-state index is 13.4. The van der Waals surface area contributed by atoms with Crippen molar-refractivity contribution in [1.82, 2.24) is 19.5 Å². The van der Waals surface area contributed by atoms with Crippen molar-refractivity contribution in [3.8, 4) is 0 Å². The molecule has 2 aromatic heterocycles. The second-order valence-corrected chi connectivity index (χ2v) is 6.72. The Morgan fingerprint density at radius 1 is 0.875 bits per heavy atom. The molecule has 0 unspecified atom stereocenters. The topological polar surface area (TPSA) is 107 Å². The number of nitrogens with zero attached hydrogens (tertiary/aromatic N) is 5. The van der Waals surface area contributed by atoms with Gasteiger partial charge in [0, 0.05) is 11.1 Å². The Bertz CT molecular complexity index is 1220. The van der Waals surface area contributed by atoms with Crippen molar-refractivity contribution < 1.29 is 19.1 Å². The fourth-order valence-electron chi connectivity index (χ4n) is 3.20. The van der Waals surface area contributed by atoms with Gasteiger partial charge in [-0.25, -0.2) is 19.9 Å². The number of imidazole rings is 1. The van der Waals surface area contributed by atoms with Crippen molar-refractivity contribution in [2.45, 2.75) is 13.5 Å². The van der Waals surface area contributed by atoms with Crippen molar-refractivity contribution >= 4 is 34.8 Å². The molecule has 32 heavy (non-hydrogen) atoms. The molecule has 0 spiro atoms. The van der Waals surface area contributed by atoms with Crippen molar-refractivity contribution in [3.63, 3.8) is 0 Å². The predicted octanol–water partition coefficient (Wildman–Crippen LogP) is 2.88. The summed E-state index contributed by atoms with van der Waals surface area (Å²) in [5, 5.41) is 0. The molecule has 0 aliphatic rings. The van der Waals surface area contributed by atoms with Crippen LogP contribution in [0.2, 0.25) is 0 Å². The number of fused-ring (bicyclic) bond motifs is 1. The SMILES string of the molecule is CCOC(=O)Cn1cnc2c(N(C(=O)c3ccccc3)C(=O)c3ccccc3)ncnc21. The summed E-state index contributed by atoms with van der Waals surface area (Å²) < 4.78 is 6.47. The van der Waals surface area contributed by atoms with Crippen LogP contribution in [0.1, 0.15) is 27.6 Å². The lowest BCUT2D eigenvalue weighted by Gasteiger charge is -2.20. The van der Waals surface area contributed by atoms with Gasteiger partial charge in [-0.05, 0) is 31.2 Å². The van der Waals surface area contributed by atoms with E-state index in [0.29, 0.717) is 16.8 Å². The highest BCUT2D eigenvalue weighted by molar-refractivity contribution is 6.27. The number of aromatic nitrogens is 4. The van der Waals surface area contributed by atoms with E-state index in [2.05, 4.69) is 15.0 Å². The minimum Gasteiger partial charge on any atom is -0.465 e. The molecule has 2 amide bonds. The Hall–Kier alpha value is -4.40. The van der Waals surface area contributed by atoms with Crippen LogP contribution in [-0.4, -0.2) is 43.9 Å². The number of rotatable bonds is 6. The van der Waals surface area contributed by atoms with Crippen LogP contribution < -0.4 is 4.90 Å². The molecule has 0 fully saturated rings. The summed E-state index contributed by atoms with van der Waals surface area (Å²) in [7, 11) is 0. The van der Waals surface area contributed by atoms with Crippen LogP contribution in [0.15, 0.2) is 73.3 Å². The predicted molar refractivity (Wildman–Crippen MR) is 116 cm³/mol. The molecule has 9 nitrogen and oxygen atoms in total. The number of carbonyl (C=O) groups is 3. The van der Waals surface area contributed by atoms with E-state index in [1.54, 1.807) is 67.6 Å². The summed E-state index contributed by atoms with van der Waals surface area (Å²) in [5.74, 6) is -1.54. The number of carbonyl (C=O) groups excluding carboxylic acids is 3. The zero-order valence-corrected chi connectivity index (χ0v) is 17.2. The van der Waals surface area contributed by atoms with Crippen molar-refractivity contribution in [2.24, 2.45) is 0 Å². The van der Waals surface area contributed by atoms with Gasteiger partial charge in [-0.1, -0.05) is 36.4 Å². The van der Waals surface area contributed by atoms with Gasteiger partial charge >= 0.3 is 5.97 Å². The first-order valence-electron chi connectivity index (χ1n) is 9.90. The third-order valence-corrected chi connectivity index (χ3v) is 4.65. The molecule has 0 radical (unpaired) electrons. The number of hydrogen-bond acceptors (Lipinski definition) is 7. The summed E-state index contributed by atoms with van der Waals surface area (Å²) >= 11 is 0. The molecule has 2 heterocycles. The Balaban J connectivity index is 1.82. The molecule has 0 saturated heterocycles. The number of esters is 1. The monoisotopic (exact) mass is 429 g/mol. The average molecular weight is 429 g/mol. The summed E-state index contributed by atoms with van der Waals surface area (Å²) in [5.41, 5.74) is 1.14. The number of hydrogen-bond donors (Lipinski definition) is 0. The minimum absolute atomic E-state index is 0.0281. The van der Waals surface area contributed by atoms with Gasteiger partial charge in [0.25, 0.3) is 11.8 Å². The summed E-state index contributed by atoms with van der Waals surface area (Å²) in [6, 6.07) is 16.9. The molecule has 4 aromatic rings. The number of anilines is 1. The second kappa shape index (κ2) is 9.17. The van der Waals surface area contributed by atoms with Crippen LogP contribution in [0.5, 0.6) is 0 Å². The van der Waals surface area contributed by atoms with Crippen molar-refractivity contribution in [3.05, 3.63) is 84.4 Å². The zero-order chi connectivity index (χ0) is 22.5. The Labute approximate surface area is 183 Å². The maximum atomic E-state index is 13.4. The molecular formula is C23H19N5O4. The third-order valence-electron chi connectivity index (χ3n) is 4.65. The lowest BCUT2D eigenvalue weighted by Crippen LogP contribution is -2.38. The Morgan fingerprint density at radius 3 is 2.03 bits per heavy atom. The first-order chi connectivity index (χ1) is 15.6. The summed E-state index contributed by atoms with van der Waals surface area (Å²) in [6.07, 6.45) is 2.63. The fourth-order valence-corrected chi connectivity index (χ4v) is 3.20. The number of amides is 2. The smallest absolute Gasteiger partial charge is 0.326 e. The highest BCUT2D eigenvalue weighted by atomic mass is 16.5. The van der Waals surface area contributed by atoms with Crippen LogP contribution in [0, 0.1) is 0 Å². The fraction of sp³-hybridized carbons (Fsp3) is 0.130. The van der Waals surface area contributed by atoms with Crippen LogP contribution in [0.25, 0.3) is 11.2 Å². The van der Waals surface area contributed by atoms with Gasteiger partial charge in [0.1, 0.15) is 12.9 Å². The van der Waals surface area contributed by atoms with Gasteiger partial charge < -0.3 is 9.30 Å². The number of benzene rings is 2. The average Bonchev–Trinajstić information content (AvgIpc) is 3.24. The quantitative estimate of drug-likeness (QED) is 0.343. The molecule has 9 heteroatoms. The van der Waals surface area contributed by atoms with E-state index < -0.39 is 17.8 Å². The van der Waals surface area contributed by atoms with Gasteiger partial charge in [-0.3, -0.25) is 14.4 Å². The molecule has 0 bridgehead atoms. The number of ether oxygens (including phenoxy) is 1. The molecule has 0 aliphatic heterocycles. The van der Waals surface area contributed by atoms with E-state index in [1.807, 2.05) is 0 Å². The second-order valence-electron chi connectivity index (χ2n) is 6.72. The van der Waals surface area contributed by atoms with Gasteiger partial charge in [-0.15, -0.1) is 0 Å². The van der Waals surface area contributed by atoms with E-state index >= 15 is 0 Å². The van der Waals surface area contributed by atoms with Gasteiger partial charge in [0.05, 0.1) is 12.9 Å². The Morgan fingerprint density at radius 2 is 1.47 bits per heavy atom. The van der Waals surface area contributed by atoms with Crippen LogP contribution in [0.3, 0.4) is 0 Å². The molecule has 2 aromatic carbocycles. The van der Waals surface area contributed by atoms with Crippen molar-refractivity contribution in [2.75, 3.05) is 11.5 Å². The maximum Gasteiger partial charge on any atom is 0.326 e. The molecule has 0 atom stereocenters. The lowest BCUT2D eigenvalue weighted by molar-refractivity contribution is -0.143. The summed E-state index contributed by atoms with van der Waals surface area (Å²) in [6.45, 7) is 1.85. The molecular weight excluding hydrogens is 410 g/mol. The minimum atomic E-state index is -0.556. The van der Waals surface area contributed by atoms with Crippen molar-refractivity contribution in [1.29, 1.82) is 0 Å². The van der Waals surface area contributed by atoms with Gasteiger partial charge in [-0.2, -0.15) is 0 Å². The van der Waals surface area contributed by atoms with Crippen LogP contribution >= 0.6 is 0 Å². The van der Waals surface area contributed by atoms with Gasteiger partial charge in [0.2, 0.25) is 0 Å².